The number of rotatable bonds is 6. The third-order valence-corrected chi connectivity index (χ3v) is 5.55. The van der Waals surface area contributed by atoms with Crippen molar-refractivity contribution in [1.29, 1.82) is 0 Å². The number of ether oxygens (including phenoxy) is 2. The molecule has 9 nitrogen and oxygen atoms in total. The Morgan fingerprint density at radius 1 is 1.03 bits per heavy atom. The van der Waals surface area contributed by atoms with Gasteiger partial charge in [0.25, 0.3) is 0 Å². The Bertz CT molecular complexity index is 1260. The van der Waals surface area contributed by atoms with Crippen molar-refractivity contribution in [2.24, 2.45) is 0 Å². The molecule has 4 aromatic rings. The summed E-state index contributed by atoms with van der Waals surface area (Å²) < 4.78 is 11.7. The second-order valence-corrected chi connectivity index (χ2v) is 8.09. The molecule has 1 aliphatic heterocycles. The van der Waals surface area contributed by atoms with E-state index in [2.05, 4.69) is 42.8 Å². The molecule has 0 atom stereocenters. The fraction of sp³-hybridized carbons (Fsp3) is 0.217. The third-order valence-electron chi connectivity index (χ3n) is 5.24. The zero-order valence-corrected chi connectivity index (χ0v) is 19.9. The molecule has 0 radical (unpaired) electrons. The molecule has 0 aliphatic carbocycles. The van der Waals surface area contributed by atoms with Gasteiger partial charge >= 0.3 is 0 Å². The largest absolute Gasteiger partial charge is 0.483 e. The van der Waals surface area contributed by atoms with Gasteiger partial charge in [0.05, 0.1) is 36.3 Å². The molecule has 4 heterocycles. The van der Waals surface area contributed by atoms with E-state index >= 15 is 0 Å². The van der Waals surface area contributed by atoms with Crippen LogP contribution in [-0.2, 0) is 4.74 Å². The van der Waals surface area contributed by atoms with Gasteiger partial charge in [-0.25, -0.2) is 9.97 Å². The lowest BCUT2D eigenvalue weighted by Gasteiger charge is -2.27. The van der Waals surface area contributed by atoms with E-state index in [0.29, 0.717) is 35.4 Å². The van der Waals surface area contributed by atoms with E-state index in [1.54, 1.807) is 18.5 Å². The summed E-state index contributed by atoms with van der Waals surface area (Å²) in [4.78, 5) is 20.5. The lowest BCUT2D eigenvalue weighted by molar-refractivity contribution is 0.122. The average Bonchev–Trinajstić information content (AvgIpc) is 2.85. The predicted molar refractivity (Wildman–Crippen MR) is 137 cm³/mol. The molecule has 3 N–H and O–H groups in total. The topological polar surface area (TPSA) is 111 Å². The summed E-state index contributed by atoms with van der Waals surface area (Å²) >= 11 is 2.18. The summed E-state index contributed by atoms with van der Waals surface area (Å²) in [5.41, 5.74) is 9.10. The highest BCUT2D eigenvalue weighted by Gasteiger charge is 2.17. The van der Waals surface area contributed by atoms with Crippen LogP contribution in [0.5, 0.6) is 5.75 Å². The summed E-state index contributed by atoms with van der Waals surface area (Å²) in [5.74, 6) is 2.58. The summed E-state index contributed by atoms with van der Waals surface area (Å²) in [5, 5.41) is 4.37. The number of anilines is 4. The van der Waals surface area contributed by atoms with Gasteiger partial charge < -0.3 is 25.4 Å². The van der Waals surface area contributed by atoms with Gasteiger partial charge in [-0.2, -0.15) is 4.98 Å². The average molecular weight is 555 g/mol. The first kappa shape index (κ1) is 21.6. The van der Waals surface area contributed by atoms with E-state index in [9.17, 15) is 0 Å². The number of aromatic nitrogens is 4. The van der Waals surface area contributed by atoms with Crippen molar-refractivity contribution in [2.75, 3.05) is 46.9 Å². The Morgan fingerprint density at radius 3 is 2.70 bits per heavy atom. The molecule has 1 aromatic carbocycles. The number of nitrogens with two attached hydrogens (primary N) is 1. The van der Waals surface area contributed by atoms with Gasteiger partial charge in [0.15, 0.2) is 0 Å². The van der Waals surface area contributed by atoms with Crippen LogP contribution in [0.4, 0.5) is 23.3 Å². The monoisotopic (exact) mass is 555 g/mol. The van der Waals surface area contributed by atoms with Crippen molar-refractivity contribution in [1.82, 2.24) is 19.9 Å². The van der Waals surface area contributed by atoms with Crippen LogP contribution in [0.2, 0.25) is 0 Å². The highest BCUT2D eigenvalue weighted by Crippen LogP contribution is 2.27. The van der Waals surface area contributed by atoms with Gasteiger partial charge in [-0.3, -0.25) is 4.98 Å². The number of hydrogen-bond acceptors (Lipinski definition) is 9. The molecule has 0 unspecified atom stereocenters. The van der Waals surface area contributed by atoms with Crippen molar-refractivity contribution in [2.45, 2.75) is 0 Å². The van der Waals surface area contributed by atoms with Crippen molar-refractivity contribution in [3.8, 4) is 17.0 Å². The number of alkyl halides is 1. The van der Waals surface area contributed by atoms with E-state index in [1.807, 2.05) is 36.4 Å². The molecule has 5 rings (SSSR count). The first-order valence-electron chi connectivity index (χ1n) is 10.5. The number of nitrogen functional groups attached to an aromatic ring is 1. The van der Waals surface area contributed by atoms with E-state index in [0.717, 1.165) is 46.7 Å². The van der Waals surface area contributed by atoms with Gasteiger partial charge in [-0.05, 0) is 59.0 Å². The molecule has 0 saturated carbocycles. The van der Waals surface area contributed by atoms with Crippen LogP contribution in [0, 0.1) is 0 Å². The number of nitrogens with zero attached hydrogens (tertiary/aromatic N) is 5. The summed E-state index contributed by atoms with van der Waals surface area (Å²) in [6, 6.07) is 13.5. The molecule has 0 bridgehead atoms. The van der Waals surface area contributed by atoms with Gasteiger partial charge in [-0.15, -0.1) is 0 Å². The summed E-state index contributed by atoms with van der Waals surface area (Å²) in [6.45, 7) is 2.77. The van der Waals surface area contributed by atoms with Crippen LogP contribution in [0.15, 0.2) is 54.9 Å². The van der Waals surface area contributed by atoms with Crippen LogP contribution in [0.1, 0.15) is 0 Å². The first-order chi connectivity index (χ1) is 16.2. The molecular weight excluding hydrogens is 533 g/mol. The van der Waals surface area contributed by atoms with Crippen molar-refractivity contribution in [3.05, 3.63) is 54.9 Å². The molecule has 1 fully saturated rings. The Morgan fingerprint density at radius 2 is 1.91 bits per heavy atom. The Kier molecular flexibility index (Phi) is 6.35. The number of nitrogens with one attached hydrogen (secondary N) is 1. The van der Waals surface area contributed by atoms with E-state index < -0.39 is 0 Å². The SMILES string of the molecule is Nc1ccc(-c2cc(Nc3cnc4ccc(OCI)cc4c3)nc(N3CCOCC3)n2)cn1. The summed E-state index contributed by atoms with van der Waals surface area (Å²) in [6.07, 6.45) is 3.51. The number of benzene rings is 1. The zero-order valence-electron chi connectivity index (χ0n) is 17.7. The highest BCUT2D eigenvalue weighted by molar-refractivity contribution is 14.1. The van der Waals surface area contributed by atoms with Crippen LogP contribution < -0.4 is 20.7 Å². The standard InChI is InChI=1S/C23H22IN7O2/c24-14-33-18-2-3-19-16(10-18)9-17(13-26-19)28-22-11-20(15-1-4-21(25)27-12-15)29-23(30-22)31-5-7-32-8-6-31/h1-4,9-13H,5-8,14H2,(H2,25,27)(H,28,29,30). The van der Waals surface area contributed by atoms with Crippen molar-refractivity contribution >= 4 is 56.8 Å². The lowest BCUT2D eigenvalue weighted by Crippen LogP contribution is -2.37. The minimum absolute atomic E-state index is 0.465. The van der Waals surface area contributed by atoms with Crippen molar-refractivity contribution in [3.63, 3.8) is 0 Å². The van der Waals surface area contributed by atoms with E-state index in [-0.39, 0.29) is 0 Å². The number of fused-ring (bicyclic) bond motifs is 1. The van der Waals surface area contributed by atoms with Gasteiger partial charge in [0, 0.05) is 36.3 Å². The number of pyridine rings is 2. The molecule has 1 saturated heterocycles. The number of morpholine rings is 1. The Balaban J connectivity index is 1.50. The zero-order chi connectivity index (χ0) is 22.6. The van der Waals surface area contributed by atoms with Crippen LogP contribution in [-0.4, -0.2) is 50.9 Å². The van der Waals surface area contributed by atoms with Gasteiger partial charge in [0.2, 0.25) is 5.95 Å². The lowest BCUT2D eigenvalue weighted by atomic mass is 10.2. The van der Waals surface area contributed by atoms with Crippen LogP contribution in [0.25, 0.3) is 22.2 Å². The summed E-state index contributed by atoms with van der Waals surface area (Å²) in [7, 11) is 0. The smallest absolute Gasteiger partial charge is 0.228 e. The highest BCUT2D eigenvalue weighted by atomic mass is 127. The Labute approximate surface area is 204 Å². The fourth-order valence-corrected chi connectivity index (χ4v) is 3.95. The maximum absolute atomic E-state index is 5.76. The number of halogens is 1. The quantitative estimate of drug-likeness (QED) is 0.269. The first-order valence-corrected chi connectivity index (χ1v) is 12.0. The minimum atomic E-state index is 0.465. The van der Waals surface area contributed by atoms with E-state index in [1.165, 1.54) is 0 Å². The van der Waals surface area contributed by atoms with E-state index in [4.69, 9.17) is 25.2 Å². The minimum Gasteiger partial charge on any atom is -0.483 e. The molecular formula is C23H22IN7O2. The maximum atomic E-state index is 5.76. The second-order valence-electron chi connectivity index (χ2n) is 7.47. The normalized spacial score (nSPS) is 13.8. The van der Waals surface area contributed by atoms with Crippen LogP contribution in [0.3, 0.4) is 0 Å². The van der Waals surface area contributed by atoms with Crippen molar-refractivity contribution < 1.29 is 9.47 Å². The maximum Gasteiger partial charge on any atom is 0.228 e. The second kappa shape index (κ2) is 9.71. The van der Waals surface area contributed by atoms with Gasteiger partial charge in [0.1, 0.15) is 22.0 Å². The molecule has 0 spiro atoms. The molecule has 168 valence electrons. The molecule has 10 heteroatoms. The fourth-order valence-electron chi connectivity index (χ4n) is 3.59. The van der Waals surface area contributed by atoms with Crippen LogP contribution >= 0.6 is 22.6 Å². The predicted octanol–water partition coefficient (Wildman–Crippen LogP) is 4.02. The Hall–Kier alpha value is -3.25. The molecule has 0 amide bonds. The molecule has 33 heavy (non-hydrogen) atoms. The third kappa shape index (κ3) is 5.06. The molecule has 3 aromatic heterocycles. The number of hydrogen-bond donors (Lipinski definition) is 2. The van der Waals surface area contributed by atoms with Gasteiger partial charge in [-0.1, -0.05) is 0 Å². The molecule has 1 aliphatic rings.